The average molecular weight is 413 g/mol. The summed E-state index contributed by atoms with van der Waals surface area (Å²) in [6, 6.07) is 12.4. The first-order valence-corrected chi connectivity index (χ1v) is 8.68. The van der Waals surface area contributed by atoms with E-state index in [0.29, 0.717) is 32.3 Å². The van der Waals surface area contributed by atoms with Crippen molar-refractivity contribution in [2.45, 2.75) is 0 Å². The second-order valence-electron chi connectivity index (χ2n) is 6.02. The Kier molecular flexibility index (Phi) is 4.95. The molecule has 26 heavy (non-hydrogen) atoms. The maximum Gasteiger partial charge on any atom is 0.343 e. The molecule has 0 spiro atoms. The van der Waals surface area contributed by atoms with E-state index >= 15 is 0 Å². The van der Waals surface area contributed by atoms with Crippen LogP contribution >= 0.6 is 15.9 Å². The number of nitrogens with zero attached hydrogens (tertiary/aromatic N) is 1. The van der Waals surface area contributed by atoms with Gasteiger partial charge in [-0.1, -0.05) is 0 Å². The number of carbonyl (C=O) groups is 1. The number of nitrogen functional groups attached to an aromatic ring is 1. The monoisotopic (exact) mass is 412 g/mol. The number of halogens is 1. The summed E-state index contributed by atoms with van der Waals surface area (Å²) in [5.41, 5.74) is 7.99. The first kappa shape index (κ1) is 17.9. The zero-order valence-corrected chi connectivity index (χ0v) is 15.9. The fraction of sp³-hybridized carbons (Fsp3) is 0.100. The minimum absolute atomic E-state index is 0.187. The molecule has 2 aromatic carbocycles. The Balaban J connectivity index is 1.90. The zero-order chi connectivity index (χ0) is 18.8. The molecule has 1 heterocycles. The molecule has 132 valence electrons. The molecule has 5 nitrogen and oxygen atoms in total. The summed E-state index contributed by atoms with van der Waals surface area (Å²) < 4.78 is 5.88. The largest absolute Gasteiger partial charge is 0.421 e. The van der Waals surface area contributed by atoms with Crippen molar-refractivity contribution < 1.29 is 9.21 Å². The highest BCUT2D eigenvalue weighted by molar-refractivity contribution is 9.10. The van der Waals surface area contributed by atoms with E-state index in [0.717, 1.165) is 5.69 Å². The molecule has 3 aromatic rings. The third-order valence-electron chi connectivity index (χ3n) is 3.98. The number of hydrogen-bond donors (Lipinski definition) is 1. The SMILES string of the molecule is CN(C)c1ccc(C(=O)/C=C/c2cc3ccc(N)c(Br)c3oc2=O)cc1. The van der Waals surface area contributed by atoms with Gasteiger partial charge in [-0.05, 0) is 70.5 Å². The summed E-state index contributed by atoms with van der Waals surface area (Å²) in [7, 11) is 3.86. The number of benzene rings is 2. The fourth-order valence-corrected chi connectivity index (χ4v) is 2.93. The van der Waals surface area contributed by atoms with Gasteiger partial charge in [0.15, 0.2) is 11.4 Å². The highest BCUT2D eigenvalue weighted by Gasteiger charge is 2.09. The van der Waals surface area contributed by atoms with Crippen molar-refractivity contribution in [1.29, 1.82) is 0 Å². The van der Waals surface area contributed by atoms with Crippen LogP contribution in [0.3, 0.4) is 0 Å². The maximum absolute atomic E-state index is 12.3. The quantitative estimate of drug-likeness (QED) is 0.302. The molecule has 0 saturated carbocycles. The van der Waals surface area contributed by atoms with E-state index in [2.05, 4.69) is 15.9 Å². The Labute approximate surface area is 158 Å². The van der Waals surface area contributed by atoms with Crippen LogP contribution in [0, 0.1) is 0 Å². The molecule has 0 aliphatic rings. The molecule has 0 unspecified atom stereocenters. The van der Waals surface area contributed by atoms with Crippen molar-refractivity contribution in [2.75, 3.05) is 24.7 Å². The Bertz CT molecular complexity index is 1070. The van der Waals surface area contributed by atoms with Crippen molar-refractivity contribution in [1.82, 2.24) is 0 Å². The van der Waals surface area contributed by atoms with Crippen LogP contribution < -0.4 is 16.3 Å². The van der Waals surface area contributed by atoms with Crippen molar-refractivity contribution in [3.05, 3.63) is 74.6 Å². The van der Waals surface area contributed by atoms with Crippen LogP contribution in [0.25, 0.3) is 17.0 Å². The molecule has 3 rings (SSSR count). The Morgan fingerprint density at radius 2 is 1.85 bits per heavy atom. The second kappa shape index (κ2) is 7.17. The van der Waals surface area contributed by atoms with E-state index in [4.69, 9.17) is 10.2 Å². The van der Waals surface area contributed by atoms with E-state index in [1.807, 2.05) is 31.1 Å². The van der Waals surface area contributed by atoms with E-state index in [9.17, 15) is 9.59 Å². The topological polar surface area (TPSA) is 76.5 Å². The number of carbonyl (C=O) groups excluding carboxylic acids is 1. The van der Waals surface area contributed by atoms with Crippen LogP contribution in [0.2, 0.25) is 0 Å². The van der Waals surface area contributed by atoms with Crippen LogP contribution in [0.1, 0.15) is 15.9 Å². The molecule has 0 radical (unpaired) electrons. The standard InChI is InChI=1S/C20H17BrN2O3/c1-23(2)15-7-3-12(4-8-15)17(24)10-6-14-11-13-5-9-16(22)18(21)19(13)26-20(14)25/h3-11H,22H2,1-2H3/b10-6+. The lowest BCUT2D eigenvalue weighted by molar-refractivity contribution is 0.104. The van der Waals surface area contributed by atoms with Gasteiger partial charge in [0.2, 0.25) is 0 Å². The highest BCUT2D eigenvalue weighted by Crippen LogP contribution is 2.29. The van der Waals surface area contributed by atoms with Gasteiger partial charge in [0, 0.05) is 36.4 Å². The predicted molar refractivity (Wildman–Crippen MR) is 109 cm³/mol. The lowest BCUT2D eigenvalue weighted by Gasteiger charge is -2.11. The molecule has 0 bridgehead atoms. The molecule has 0 amide bonds. The summed E-state index contributed by atoms with van der Waals surface area (Å²) in [4.78, 5) is 26.4. The van der Waals surface area contributed by atoms with Gasteiger partial charge < -0.3 is 15.1 Å². The van der Waals surface area contributed by atoms with Crippen molar-refractivity contribution in [2.24, 2.45) is 0 Å². The summed E-state index contributed by atoms with van der Waals surface area (Å²) >= 11 is 3.31. The molecule has 1 aromatic heterocycles. The first-order chi connectivity index (χ1) is 12.4. The molecule has 0 fully saturated rings. The van der Waals surface area contributed by atoms with Crippen LogP contribution in [-0.4, -0.2) is 19.9 Å². The minimum Gasteiger partial charge on any atom is -0.421 e. The van der Waals surface area contributed by atoms with Gasteiger partial charge in [0.1, 0.15) is 0 Å². The summed E-state index contributed by atoms with van der Waals surface area (Å²) in [6.45, 7) is 0. The molecule has 0 saturated heterocycles. The number of ketones is 1. The number of hydrogen-bond acceptors (Lipinski definition) is 5. The van der Waals surface area contributed by atoms with E-state index in [1.54, 1.807) is 30.3 Å². The summed E-state index contributed by atoms with van der Waals surface area (Å²) in [6.07, 6.45) is 2.84. The average Bonchev–Trinajstić information content (AvgIpc) is 2.63. The Morgan fingerprint density at radius 1 is 1.15 bits per heavy atom. The van der Waals surface area contributed by atoms with Crippen LogP contribution in [-0.2, 0) is 0 Å². The molecule has 0 atom stereocenters. The van der Waals surface area contributed by atoms with Crippen LogP contribution in [0.15, 0.2) is 62.2 Å². The number of allylic oxidation sites excluding steroid dienone is 1. The van der Waals surface area contributed by atoms with Gasteiger partial charge in [0.25, 0.3) is 0 Å². The maximum atomic E-state index is 12.3. The van der Waals surface area contributed by atoms with E-state index < -0.39 is 5.63 Å². The van der Waals surface area contributed by atoms with E-state index in [1.165, 1.54) is 12.2 Å². The van der Waals surface area contributed by atoms with Crippen molar-refractivity contribution in [3.8, 4) is 0 Å². The number of rotatable bonds is 4. The molecule has 0 aliphatic heterocycles. The predicted octanol–water partition coefficient (Wildman–Crippen LogP) is 4.10. The molecule has 0 aliphatic carbocycles. The fourth-order valence-electron chi connectivity index (χ4n) is 2.48. The van der Waals surface area contributed by atoms with Crippen LogP contribution in [0.4, 0.5) is 11.4 Å². The second-order valence-corrected chi connectivity index (χ2v) is 6.81. The lowest BCUT2D eigenvalue weighted by Crippen LogP contribution is -2.08. The Hall–Kier alpha value is -2.86. The minimum atomic E-state index is -0.532. The third kappa shape index (κ3) is 3.55. The Morgan fingerprint density at radius 3 is 2.50 bits per heavy atom. The summed E-state index contributed by atoms with van der Waals surface area (Å²) in [5.74, 6) is -0.187. The van der Waals surface area contributed by atoms with Gasteiger partial charge in [-0.25, -0.2) is 4.79 Å². The lowest BCUT2D eigenvalue weighted by atomic mass is 10.1. The molecular formula is C20H17BrN2O3. The summed E-state index contributed by atoms with van der Waals surface area (Å²) in [5, 5.41) is 0.716. The van der Waals surface area contributed by atoms with Crippen LogP contribution in [0.5, 0.6) is 0 Å². The van der Waals surface area contributed by atoms with Crippen molar-refractivity contribution in [3.63, 3.8) is 0 Å². The smallest absolute Gasteiger partial charge is 0.343 e. The molecule has 2 N–H and O–H groups in total. The van der Waals surface area contributed by atoms with Gasteiger partial charge in [-0.15, -0.1) is 0 Å². The van der Waals surface area contributed by atoms with E-state index in [-0.39, 0.29) is 5.78 Å². The third-order valence-corrected chi connectivity index (χ3v) is 4.80. The highest BCUT2D eigenvalue weighted by atomic mass is 79.9. The van der Waals surface area contributed by atoms with Gasteiger partial charge in [0.05, 0.1) is 10.0 Å². The van der Waals surface area contributed by atoms with Crippen molar-refractivity contribution >= 4 is 50.1 Å². The zero-order valence-electron chi connectivity index (χ0n) is 14.3. The number of fused-ring (bicyclic) bond motifs is 1. The normalized spacial score (nSPS) is 11.2. The van der Waals surface area contributed by atoms with Gasteiger partial charge >= 0.3 is 5.63 Å². The number of nitrogens with two attached hydrogens (primary N) is 1. The number of anilines is 2. The molecule has 6 heteroatoms. The molecular weight excluding hydrogens is 396 g/mol. The van der Waals surface area contributed by atoms with Gasteiger partial charge in [-0.2, -0.15) is 0 Å². The van der Waals surface area contributed by atoms with Gasteiger partial charge in [-0.3, -0.25) is 4.79 Å². The first-order valence-electron chi connectivity index (χ1n) is 7.88.